The summed E-state index contributed by atoms with van der Waals surface area (Å²) >= 11 is 6.19. The van der Waals surface area contributed by atoms with Gasteiger partial charge in [-0.15, -0.1) is 0 Å². The van der Waals surface area contributed by atoms with Crippen molar-refractivity contribution in [1.82, 2.24) is 0 Å². The number of rotatable bonds is 5. The fourth-order valence-electron chi connectivity index (χ4n) is 2.02. The van der Waals surface area contributed by atoms with Crippen molar-refractivity contribution >= 4 is 17.3 Å². The average Bonchev–Trinajstić information content (AvgIpc) is 2.49. The lowest BCUT2D eigenvalue weighted by atomic mass is 10.1. The highest BCUT2D eigenvalue weighted by molar-refractivity contribution is 6.33. The van der Waals surface area contributed by atoms with Gasteiger partial charge in [0.25, 0.3) is 0 Å². The molecule has 106 valence electrons. The minimum atomic E-state index is 0.0421. The van der Waals surface area contributed by atoms with Gasteiger partial charge < -0.3 is 15.2 Å². The third-order valence-corrected chi connectivity index (χ3v) is 3.51. The van der Waals surface area contributed by atoms with Crippen molar-refractivity contribution < 1.29 is 9.84 Å². The first-order valence-corrected chi connectivity index (χ1v) is 6.81. The summed E-state index contributed by atoms with van der Waals surface area (Å²) in [5.74, 6) is 0.758. The van der Waals surface area contributed by atoms with Gasteiger partial charge >= 0.3 is 0 Å². The molecule has 0 saturated heterocycles. The summed E-state index contributed by atoms with van der Waals surface area (Å²) in [7, 11) is 1.63. The number of ether oxygens (including phenoxy) is 1. The zero-order valence-corrected chi connectivity index (χ0v) is 12.3. The van der Waals surface area contributed by atoms with Gasteiger partial charge in [0.1, 0.15) is 5.75 Å². The molecule has 2 rings (SSSR count). The fraction of sp³-hybridized carbons (Fsp3) is 0.250. The van der Waals surface area contributed by atoms with Crippen LogP contribution in [0, 0.1) is 0 Å². The van der Waals surface area contributed by atoms with E-state index in [4.69, 9.17) is 16.3 Å². The third-order valence-electron chi connectivity index (χ3n) is 3.18. The van der Waals surface area contributed by atoms with Gasteiger partial charge in [0.2, 0.25) is 0 Å². The molecule has 1 atom stereocenters. The number of methoxy groups -OCH3 is 1. The monoisotopic (exact) mass is 291 g/mol. The molecule has 2 aromatic carbocycles. The lowest BCUT2D eigenvalue weighted by molar-refractivity contribution is 0.281. The van der Waals surface area contributed by atoms with E-state index >= 15 is 0 Å². The smallest absolute Gasteiger partial charge is 0.121 e. The summed E-state index contributed by atoms with van der Waals surface area (Å²) in [6, 6.07) is 13.4. The zero-order chi connectivity index (χ0) is 14.5. The van der Waals surface area contributed by atoms with Crippen LogP contribution in [-0.4, -0.2) is 12.2 Å². The molecule has 20 heavy (non-hydrogen) atoms. The molecule has 0 saturated carbocycles. The lowest BCUT2D eigenvalue weighted by Crippen LogP contribution is -2.07. The van der Waals surface area contributed by atoms with E-state index in [0.717, 1.165) is 22.6 Å². The first-order chi connectivity index (χ1) is 9.63. The van der Waals surface area contributed by atoms with E-state index in [1.165, 1.54) is 0 Å². The Kier molecular flexibility index (Phi) is 4.88. The summed E-state index contributed by atoms with van der Waals surface area (Å²) < 4.78 is 5.20. The molecule has 2 N–H and O–H groups in total. The molecule has 3 nitrogen and oxygen atoms in total. The van der Waals surface area contributed by atoms with E-state index in [9.17, 15) is 5.11 Å². The van der Waals surface area contributed by atoms with E-state index in [0.29, 0.717) is 5.02 Å². The Morgan fingerprint density at radius 3 is 2.75 bits per heavy atom. The summed E-state index contributed by atoms with van der Waals surface area (Å²) in [6.07, 6.45) is 0. The maximum atomic E-state index is 9.19. The Labute approximate surface area is 124 Å². The van der Waals surface area contributed by atoms with Gasteiger partial charge in [-0.1, -0.05) is 35.9 Å². The highest BCUT2D eigenvalue weighted by Gasteiger charge is 2.09. The number of anilines is 1. The van der Waals surface area contributed by atoms with Crippen molar-refractivity contribution in [3.8, 4) is 5.75 Å². The number of nitrogens with one attached hydrogen (secondary N) is 1. The number of hydrogen-bond acceptors (Lipinski definition) is 3. The van der Waals surface area contributed by atoms with Crippen molar-refractivity contribution in [3.63, 3.8) is 0 Å². The van der Waals surface area contributed by atoms with Crippen LogP contribution in [0.1, 0.15) is 24.1 Å². The molecule has 0 heterocycles. The van der Waals surface area contributed by atoms with Crippen LogP contribution >= 0.6 is 11.6 Å². The van der Waals surface area contributed by atoms with Crippen LogP contribution in [0.25, 0.3) is 0 Å². The van der Waals surface area contributed by atoms with E-state index in [1.807, 2.05) is 43.3 Å². The third kappa shape index (κ3) is 3.44. The largest absolute Gasteiger partial charge is 0.497 e. The number of hydrogen-bond donors (Lipinski definition) is 2. The van der Waals surface area contributed by atoms with Crippen molar-refractivity contribution in [2.75, 3.05) is 12.4 Å². The Morgan fingerprint density at radius 1 is 1.25 bits per heavy atom. The lowest BCUT2D eigenvalue weighted by Gasteiger charge is -2.18. The summed E-state index contributed by atoms with van der Waals surface area (Å²) in [5.41, 5.74) is 2.82. The topological polar surface area (TPSA) is 41.5 Å². The molecule has 0 bridgehead atoms. The van der Waals surface area contributed by atoms with E-state index < -0.39 is 0 Å². The average molecular weight is 292 g/mol. The van der Waals surface area contributed by atoms with Crippen LogP contribution in [0.2, 0.25) is 5.02 Å². The van der Waals surface area contributed by atoms with Crippen LogP contribution in [-0.2, 0) is 6.61 Å². The maximum Gasteiger partial charge on any atom is 0.121 e. The molecule has 0 aliphatic heterocycles. The van der Waals surface area contributed by atoms with Gasteiger partial charge in [0, 0.05) is 12.1 Å². The molecule has 0 aromatic heterocycles. The van der Waals surface area contributed by atoms with Crippen LogP contribution in [0.15, 0.2) is 42.5 Å². The molecule has 2 aromatic rings. The normalized spacial score (nSPS) is 12.0. The van der Waals surface area contributed by atoms with Crippen LogP contribution in [0.3, 0.4) is 0 Å². The predicted octanol–water partition coefficient (Wildman–Crippen LogP) is 4.01. The first-order valence-electron chi connectivity index (χ1n) is 6.44. The zero-order valence-electron chi connectivity index (χ0n) is 11.6. The van der Waals surface area contributed by atoms with Crippen molar-refractivity contribution in [3.05, 3.63) is 58.6 Å². The summed E-state index contributed by atoms with van der Waals surface area (Å²) in [6.45, 7) is 2.09. The van der Waals surface area contributed by atoms with Crippen LogP contribution < -0.4 is 10.1 Å². The predicted molar refractivity (Wildman–Crippen MR) is 82.4 cm³/mol. The quantitative estimate of drug-likeness (QED) is 0.874. The molecule has 0 aliphatic rings. The summed E-state index contributed by atoms with van der Waals surface area (Å²) in [5, 5.41) is 13.2. The standard InChI is InChI=1S/C16H18ClNO2/c1-11(13-5-3-4-12(8-13)10-19)18-16-9-14(20-2)6-7-15(16)17/h3-9,11,18-19H,10H2,1-2H3. The minimum Gasteiger partial charge on any atom is -0.497 e. The number of aliphatic hydroxyl groups is 1. The van der Waals surface area contributed by atoms with Gasteiger partial charge in [0.05, 0.1) is 24.4 Å². The Balaban J connectivity index is 2.20. The molecule has 1 unspecified atom stereocenters. The molecule has 0 spiro atoms. The minimum absolute atomic E-state index is 0.0421. The second-order valence-electron chi connectivity index (χ2n) is 4.61. The SMILES string of the molecule is COc1ccc(Cl)c(NC(C)c2cccc(CO)c2)c1. The van der Waals surface area contributed by atoms with Crippen LogP contribution in [0.4, 0.5) is 5.69 Å². The second kappa shape index (κ2) is 6.64. The highest BCUT2D eigenvalue weighted by atomic mass is 35.5. The van der Waals surface area contributed by atoms with Gasteiger partial charge in [0.15, 0.2) is 0 Å². The molecule has 0 amide bonds. The fourth-order valence-corrected chi connectivity index (χ4v) is 2.19. The molecule has 4 heteroatoms. The Bertz CT molecular complexity index is 586. The second-order valence-corrected chi connectivity index (χ2v) is 5.02. The molecule has 0 aliphatic carbocycles. The Morgan fingerprint density at radius 2 is 2.05 bits per heavy atom. The van der Waals surface area contributed by atoms with Crippen LogP contribution in [0.5, 0.6) is 5.75 Å². The van der Waals surface area contributed by atoms with Crippen molar-refractivity contribution in [1.29, 1.82) is 0 Å². The first kappa shape index (κ1) is 14.7. The number of aliphatic hydroxyl groups excluding tert-OH is 1. The van der Waals surface area contributed by atoms with Crippen molar-refractivity contribution in [2.45, 2.75) is 19.6 Å². The molecule has 0 fully saturated rings. The molecular formula is C16H18ClNO2. The van der Waals surface area contributed by atoms with E-state index in [-0.39, 0.29) is 12.6 Å². The van der Waals surface area contributed by atoms with E-state index in [2.05, 4.69) is 5.32 Å². The molecule has 0 radical (unpaired) electrons. The van der Waals surface area contributed by atoms with E-state index in [1.54, 1.807) is 13.2 Å². The van der Waals surface area contributed by atoms with Gasteiger partial charge in [-0.25, -0.2) is 0 Å². The Hall–Kier alpha value is -1.71. The van der Waals surface area contributed by atoms with Crippen molar-refractivity contribution in [2.24, 2.45) is 0 Å². The molecular weight excluding hydrogens is 274 g/mol. The number of benzene rings is 2. The maximum absolute atomic E-state index is 9.19. The van der Waals surface area contributed by atoms with Gasteiger partial charge in [-0.05, 0) is 30.2 Å². The van der Waals surface area contributed by atoms with Gasteiger partial charge in [-0.3, -0.25) is 0 Å². The summed E-state index contributed by atoms with van der Waals surface area (Å²) in [4.78, 5) is 0. The van der Waals surface area contributed by atoms with Gasteiger partial charge in [-0.2, -0.15) is 0 Å². The number of halogens is 1. The highest BCUT2D eigenvalue weighted by Crippen LogP contribution is 2.30.